The molecule has 0 radical (unpaired) electrons. The Morgan fingerprint density at radius 2 is 2.14 bits per heavy atom. The molecule has 2 amide bonds. The van der Waals surface area contributed by atoms with Gasteiger partial charge >= 0.3 is 6.09 Å². The van der Waals surface area contributed by atoms with Gasteiger partial charge in [-0.1, -0.05) is 19.1 Å². The number of rotatable bonds is 6. The lowest BCUT2D eigenvalue weighted by Crippen LogP contribution is -2.40. The molecule has 0 saturated heterocycles. The average Bonchev–Trinajstić information content (AvgIpc) is 2.46. The first-order valence-electron chi connectivity index (χ1n) is 6.77. The molecule has 1 aromatic rings. The Bertz CT molecular complexity index is 537. The van der Waals surface area contributed by atoms with Crippen molar-refractivity contribution in [3.63, 3.8) is 0 Å². The molecular formula is C15H19N3O3. The van der Waals surface area contributed by atoms with Crippen molar-refractivity contribution in [2.75, 3.05) is 19.7 Å². The third-order valence-electron chi connectivity index (χ3n) is 2.79. The van der Waals surface area contributed by atoms with Crippen molar-refractivity contribution < 1.29 is 14.3 Å². The van der Waals surface area contributed by atoms with Crippen LogP contribution < -0.4 is 5.32 Å². The van der Waals surface area contributed by atoms with Crippen LogP contribution in [0.5, 0.6) is 0 Å². The van der Waals surface area contributed by atoms with Gasteiger partial charge in [0.05, 0.1) is 24.8 Å². The normalized spacial score (nSPS) is 10.0. The number of likely N-dealkylation sites (N-methyl/N-ethyl adjacent to an activating group) is 1. The van der Waals surface area contributed by atoms with Gasteiger partial charge in [-0.05, 0) is 31.2 Å². The molecular weight excluding hydrogens is 270 g/mol. The first-order chi connectivity index (χ1) is 10.1. The molecule has 0 spiro atoms. The molecule has 6 heteroatoms. The van der Waals surface area contributed by atoms with Gasteiger partial charge in [-0.2, -0.15) is 5.26 Å². The minimum atomic E-state index is -0.731. The van der Waals surface area contributed by atoms with Gasteiger partial charge in [0, 0.05) is 6.54 Å². The number of nitrogens with zero attached hydrogens (tertiary/aromatic N) is 2. The van der Waals surface area contributed by atoms with Crippen LogP contribution in [0.25, 0.3) is 0 Å². The minimum Gasteiger partial charge on any atom is -0.450 e. The van der Waals surface area contributed by atoms with E-state index in [1.54, 1.807) is 25.1 Å². The molecule has 112 valence electrons. The van der Waals surface area contributed by atoms with E-state index >= 15 is 0 Å². The van der Waals surface area contributed by atoms with E-state index in [1.165, 1.54) is 0 Å². The Kier molecular flexibility index (Phi) is 6.92. The number of ether oxygens (including phenoxy) is 1. The van der Waals surface area contributed by atoms with E-state index in [9.17, 15) is 9.59 Å². The molecule has 0 aliphatic heterocycles. The van der Waals surface area contributed by atoms with Crippen LogP contribution in [-0.2, 0) is 16.1 Å². The summed E-state index contributed by atoms with van der Waals surface area (Å²) < 4.78 is 4.65. The standard InChI is InChI=1S/C15H19N3O3/c1-3-18(11-14(19)17-15(20)21-4-2)10-13-7-5-6-12(8-13)9-16/h5-8H,3-4,10-11H2,1-2H3,(H,17,19,20). The van der Waals surface area contributed by atoms with Crippen LogP contribution >= 0.6 is 0 Å². The van der Waals surface area contributed by atoms with Gasteiger partial charge in [0.1, 0.15) is 0 Å². The highest BCUT2D eigenvalue weighted by Gasteiger charge is 2.13. The van der Waals surface area contributed by atoms with Crippen molar-refractivity contribution >= 4 is 12.0 Å². The van der Waals surface area contributed by atoms with Gasteiger partial charge in [0.2, 0.25) is 5.91 Å². The average molecular weight is 289 g/mol. The molecule has 0 aliphatic rings. The Morgan fingerprint density at radius 1 is 1.38 bits per heavy atom. The first-order valence-corrected chi connectivity index (χ1v) is 6.77. The summed E-state index contributed by atoms with van der Waals surface area (Å²) in [5.74, 6) is -0.410. The van der Waals surface area contributed by atoms with Crippen LogP contribution in [0, 0.1) is 11.3 Å². The van der Waals surface area contributed by atoms with Gasteiger partial charge < -0.3 is 4.74 Å². The summed E-state index contributed by atoms with van der Waals surface area (Å²) >= 11 is 0. The monoisotopic (exact) mass is 289 g/mol. The van der Waals surface area contributed by atoms with Crippen LogP contribution in [0.4, 0.5) is 4.79 Å². The van der Waals surface area contributed by atoms with Crippen molar-refractivity contribution in [2.45, 2.75) is 20.4 Å². The molecule has 0 unspecified atom stereocenters. The predicted molar refractivity (Wildman–Crippen MR) is 77.3 cm³/mol. The van der Waals surface area contributed by atoms with E-state index in [4.69, 9.17) is 5.26 Å². The SMILES string of the molecule is CCOC(=O)NC(=O)CN(CC)Cc1cccc(C#N)c1. The number of carbonyl (C=O) groups excluding carboxylic acids is 2. The number of hydrogen-bond donors (Lipinski definition) is 1. The van der Waals surface area contributed by atoms with Crippen molar-refractivity contribution in [1.82, 2.24) is 10.2 Å². The molecule has 1 N–H and O–H groups in total. The van der Waals surface area contributed by atoms with Gasteiger partial charge in [-0.3, -0.25) is 15.0 Å². The minimum absolute atomic E-state index is 0.0894. The van der Waals surface area contributed by atoms with E-state index in [0.29, 0.717) is 18.7 Å². The Labute approximate surface area is 124 Å². The summed E-state index contributed by atoms with van der Waals surface area (Å²) in [5.41, 5.74) is 1.53. The predicted octanol–water partition coefficient (Wildman–Crippen LogP) is 1.65. The zero-order valence-electron chi connectivity index (χ0n) is 12.3. The van der Waals surface area contributed by atoms with E-state index < -0.39 is 12.0 Å². The summed E-state index contributed by atoms with van der Waals surface area (Å²) in [7, 11) is 0. The topological polar surface area (TPSA) is 82.4 Å². The molecule has 0 aliphatic carbocycles. The maximum atomic E-state index is 11.7. The second kappa shape index (κ2) is 8.72. The van der Waals surface area contributed by atoms with Crippen LogP contribution in [0.15, 0.2) is 24.3 Å². The van der Waals surface area contributed by atoms with Crippen LogP contribution in [0.2, 0.25) is 0 Å². The lowest BCUT2D eigenvalue weighted by molar-refractivity contribution is -0.121. The van der Waals surface area contributed by atoms with Crippen molar-refractivity contribution in [1.29, 1.82) is 5.26 Å². The fourth-order valence-electron chi connectivity index (χ4n) is 1.80. The number of benzene rings is 1. The molecule has 0 fully saturated rings. The number of nitriles is 1. The smallest absolute Gasteiger partial charge is 0.413 e. The van der Waals surface area contributed by atoms with Crippen molar-refractivity contribution in [3.05, 3.63) is 35.4 Å². The van der Waals surface area contributed by atoms with Crippen LogP contribution in [-0.4, -0.2) is 36.6 Å². The summed E-state index contributed by atoms with van der Waals surface area (Å²) in [4.78, 5) is 24.7. The molecule has 1 aromatic carbocycles. The second-order valence-electron chi connectivity index (χ2n) is 4.38. The van der Waals surface area contributed by atoms with Gasteiger partial charge in [0.15, 0.2) is 0 Å². The molecule has 0 saturated carbocycles. The zero-order valence-corrected chi connectivity index (χ0v) is 12.3. The highest BCUT2D eigenvalue weighted by atomic mass is 16.5. The number of carbonyl (C=O) groups is 2. The van der Waals surface area contributed by atoms with Crippen LogP contribution in [0.3, 0.4) is 0 Å². The second-order valence-corrected chi connectivity index (χ2v) is 4.38. The zero-order chi connectivity index (χ0) is 15.7. The van der Waals surface area contributed by atoms with E-state index in [2.05, 4.69) is 16.1 Å². The first kappa shape index (κ1) is 16.7. The summed E-state index contributed by atoms with van der Waals surface area (Å²) in [6.45, 7) is 5.08. The fraction of sp³-hybridized carbons (Fsp3) is 0.400. The quantitative estimate of drug-likeness (QED) is 0.861. The molecule has 0 aromatic heterocycles. The Hall–Kier alpha value is -2.39. The fourth-order valence-corrected chi connectivity index (χ4v) is 1.80. The summed E-state index contributed by atoms with van der Waals surface area (Å²) in [6.07, 6.45) is -0.731. The summed E-state index contributed by atoms with van der Waals surface area (Å²) in [6, 6.07) is 9.30. The van der Waals surface area contributed by atoms with Gasteiger partial charge in [-0.25, -0.2) is 4.79 Å². The van der Waals surface area contributed by atoms with E-state index in [0.717, 1.165) is 5.56 Å². The van der Waals surface area contributed by atoms with Crippen molar-refractivity contribution in [2.24, 2.45) is 0 Å². The lowest BCUT2D eigenvalue weighted by Gasteiger charge is -2.19. The Morgan fingerprint density at radius 3 is 2.76 bits per heavy atom. The molecule has 1 rings (SSSR count). The molecule has 21 heavy (non-hydrogen) atoms. The maximum absolute atomic E-state index is 11.7. The van der Waals surface area contributed by atoms with Crippen molar-refractivity contribution in [3.8, 4) is 6.07 Å². The van der Waals surface area contributed by atoms with Gasteiger partial charge in [0.25, 0.3) is 0 Å². The maximum Gasteiger partial charge on any atom is 0.413 e. The number of amides is 2. The third kappa shape index (κ3) is 6.06. The largest absolute Gasteiger partial charge is 0.450 e. The number of hydrogen-bond acceptors (Lipinski definition) is 5. The van der Waals surface area contributed by atoms with Crippen LogP contribution in [0.1, 0.15) is 25.0 Å². The summed E-state index contributed by atoms with van der Waals surface area (Å²) in [5, 5.41) is 11.0. The highest BCUT2D eigenvalue weighted by Crippen LogP contribution is 2.07. The third-order valence-corrected chi connectivity index (χ3v) is 2.79. The number of imide groups is 1. The van der Waals surface area contributed by atoms with E-state index in [1.807, 2.05) is 17.9 Å². The number of alkyl carbamates (subject to hydrolysis) is 1. The molecule has 0 heterocycles. The van der Waals surface area contributed by atoms with E-state index in [-0.39, 0.29) is 13.2 Å². The molecule has 6 nitrogen and oxygen atoms in total. The molecule has 0 bridgehead atoms. The lowest BCUT2D eigenvalue weighted by atomic mass is 10.1. The number of nitrogens with one attached hydrogen (secondary N) is 1. The highest BCUT2D eigenvalue weighted by molar-refractivity contribution is 5.92. The van der Waals surface area contributed by atoms with Gasteiger partial charge in [-0.15, -0.1) is 0 Å². The Balaban J connectivity index is 2.56. The molecule has 0 atom stereocenters.